The summed E-state index contributed by atoms with van der Waals surface area (Å²) in [6.45, 7) is 2.20. The van der Waals surface area contributed by atoms with Crippen LogP contribution in [-0.2, 0) is 6.42 Å². The van der Waals surface area contributed by atoms with Gasteiger partial charge in [-0.3, -0.25) is 0 Å². The molecule has 2 aromatic heterocycles. The zero-order chi connectivity index (χ0) is 18.6. The van der Waals surface area contributed by atoms with Crippen LogP contribution in [0.5, 0.6) is 5.75 Å². The molecule has 0 radical (unpaired) electrons. The van der Waals surface area contributed by atoms with Gasteiger partial charge in [-0.1, -0.05) is 29.8 Å². The van der Waals surface area contributed by atoms with E-state index in [1.807, 2.05) is 36.4 Å². The van der Waals surface area contributed by atoms with Crippen molar-refractivity contribution in [3.05, 3.63) is 83.8 Å². The monoisotopic (exact) mass is 363 g/mol. The molecule has 0 spiro atoms. The molecular formula is C22H21NO4. The summed E-state index contributed by atoms with van der Waals surface area (Å²) in [6, 6.07) is 15.9. The molecule has 0 aliphatic heterocycles. The van der Waals surface area contributed by atoms with Crippen molar-refractivity contribution in [2.75, 3.05) is 6.61 Å². The lowest BCUT2D eigenvalue weighted by Crippen LogP contribution is -2.10. The molecule has 2 aromatic carbocycles. The van der Waals surface area contributed by atoms with E-state index in [2.05, 4.69) is 24.0 Å². The third-order valence-electron chi connectivity index (χ3n) is 4.44. The first kappa shape index (κ1) is 17.4. The van der Waals surface area contributed by atoms with Crippen molar-refractivity contribution in [3.8, 4) is 5.75 Å². The Morgan fingerprint density at radius 2 is 2.07 bits per heavy atom. The van der Waals surface area contributed by atoms with Crippen LogP contribution < -0.4 is 4.74 Å². The lowest BCUT2D eigenvalue weighted by molar-refractivity contribution is 0.242. The van der Waals surface area contributed by atoms with E-state index < -0.39 is 0 Å². The van der Waals surface area contributed by atoms with Crippen LogP contribution in [0.3, 0.4) is 0 Å². The number of oxazole rings is 1. The zero-order valence-corrected chi connectivity index (χ0v) is 15.1. The van der Waals surface area contributed by atoms with Gasteiger partial charge in [0.2, 0.25) is 0 Å². The van der Waals surface area contributed by atoms with Gasteiger partial charge in [-0.2, -0.15) is 0 Å². The van der Waals surface area contributed by atoms with Crippen LogP contribution in [0.4, 0.5) is 0 Å². The third-order valence-corrected chi connectivity index (χ3v) is 4.44. The number of benzene rings is 2. The van der Waals surface area contributed by atoms with Gasteiger partial charge in [-0.25, -0.2) is 4.98 Å². The van der Waals surface area contributed by atoms with E-state index in [1.165, 1.54) is 6.39 Å². The molecule has 1 N–H and O–H groups in total. The number of nitrogens with zero attached hydrogens (tertiary/aromatic N) is 1. The van der Waals surface area contributed by atoms with E-state index in [1.54, 1.807) is 6.26 Å². The van der Waals surface area contributed by atoms with Gasteiger partial charge in [0.25, 0.3) is 0 Å². The summed E-state index contributed by atoms with van der Waals surface area (Å²) in [5, 5.41) is 9.96. The van der Waals surface area contributed by atoms with Gasteiger partial charge in [0.1, 0.15) is 29.0 Å². The smallest absolute Gasteiger partial charge is 0.180 e. The van der Waals surface area contributed by atoms with Crippen LogP contribution in [0.15, 0.2) is 70.0 Å². The molecule has 5 nitrogen and oxygen atoms in total. The van der Waals surface area contributed by atoms with E-state index in [4.69, 9.17) is 18.7 Å². The number of fused-ring (bicyclic) bond motifs is 1. The Bertz CT molecular complexity index is 1020. The van der Waals surface area contributed by atoms with E-state index in [9.17, 15) is 0 Å². The average molecular weight is 363 g/mol. The second-order valence-electron chi connectivity index (χ2n) is 6.56. The minimum atomic E-state index is -0.359. The number of aryl methyl sites for hydroxylation is 2. The maximum absolute atomic E-state index is 8.99. The van der Waals surface area contributed by atoms with Gasteiger partial charge < -0.3 is 18.7 Å². The van der Waals surface area contributed by atoms with Crippen molar-refractivity contribution >= 4 is 11.0 Å². The third kappa shape index (κ3) is 3.88. The summed E-state index contributed by atoms with van der Waals surface area (Å²) in [5.41, 5.74) is 3.70. The highest BCUT2D eigenvalue weighted by Gasteiger charge is 2.19. The van der Waals surface area contributed by atoms with E-state index >= 15 is 0 Å². The van der Waals surface area contributed by atoms with E-state index in [0.717, 1.165) is 39.3 Å². The summed E-state index contributed by atoms with van der Waals surface area (Å²) in [6.07, 6.45) is 4.06. The number of aromatic nitrogens is 1. The van der Waals surface area contributed by atoms with Gasteiger partial charge in [0.05, 0.1) is 0 Å². The number of ether oxygens (including phenoxy) is 1. The minimum absolute atomic E-state index is 0.154. The SMILES string of the molecule is Cc1cccc(C(Oc2ccc3oc(CCCO)cc3c2)c2cocn2)c1. The molecular weight excluding hydrogens is 342 g/mol. The highest BCUT2D eigenvalue weighted by Crippen LogP contribution is 2.31. The Kier molecular flexibility index (Phi) is 4.94. The number of aliphatic hydroxyl groups excluding tert-OH is 1. The fourth-order valence-electron chi connectivity index (χ4n) is 3.15. The first-order valence-corrected chi connectivity index (χ1v) is 8.97. The van der Waals surface area contributed by atoms with Gasteiger partial charge in [-0.15, -0.1) is 0 Å². The normalized spacial score (nSPS) is 12.4. The second-order valence-corrected chi connectivity index (χ2v) is 6.56. The number of rotatable bonds is 7. The minimum Gasteiger partial charge on any atom is -0.479 e. The molecule has 0 bridgehead atoms. The lowest BCUT2D eigenvalue weighted by Gasteiger charge is -2.18. The van der Waals surface area contributed by atoms with E-state index in [0.29, 0.717) is 12.8 Å². The summed E-state index contributed by atoms with van der Waals surface area (Å²) < 4.78 is 17.3. The predicted molar refractivity (Wildman–Crippen MR) is 102 cm³/mol. The van der Waals surface area contributed by atoms with Crippen LogP contribution in [-0.4, -0.2) is 16.7 Å². The van der Waals surface area contributed by atoms with Crippen molar-refractivity contribution in [1.82, 2.24) is 4.98 Å². The topological polar surface area (TPSA) is 68.6 Å². The van der Waals surface area contributed by atoms with Gasteiger partial charge >= 0.3 is 0 Å². The molecule has 0 saturated carbocycles. The first-order chi connectivity index (χ1) is 13.2. The van der Waals surface area contributed by atoms with Crippen LogP contribution in [0.2, 0.25) is 0 Å². The molecule has 0 aliphatic rings. The summed E-state index contributed by atoms with van der Waals surface area (Å²) in [5.74, 6) is 1.59. The molecule has 0 fully saturated rings. The molecule has 1 atom stereocenters. The largest absolute Gasteiger partial charge is 0.479 e. The Balaban J connectivity index is 1.64. The molecule has 27 heavy (non-hydrogen) atoms. The van der Waals surface area contributed by atoms with Crippen LogP contribution in [0.1, 0.15) is 35.1 Å². The molecule has 0 amide bonds. The Labute approximate surface area is 157 Å². The predicted octanol–water partition coefficient (Wildman–Crippen LogP) is 4.82. The van der Waals surface area contributed by atoms with Crippen LogP contribution in [0, 0.1) is 6.92 Å². The van der Waals surface area contributed by atoms with Gasteiger partial charge in [0.15, 0.2) is 12.5 Å². The molecule has 138 valence electrons. The van der Waals surface area contributed by atoms with Gasteiger partial charge in [0, 0.05) is 18.4 Å². The molecule has 2 heterocycles. The van der Waals surface area contributed by atoms with Crippen LogP contribution in [0.25, 0.3) is 11.0 Å². The lowest BCUT2D eigenvalue weighted by atomic mass is 10.0. The standard InChI is InChI=1S/C22H21NO4/c1-15-4-2-5-16(10-15)22(20-13-25-14-23-20)27-19-7-8-21-17(12-19)11-18(26-21)6-3-9-24/h2,4-5,7-8,10-14,22,24H,3,6,9H2,1H3. The summed E-state index contributed by atoms with van der Waals surface area (Å²) in [4.78, 5) is 4.29. The van der Waals surface area contributed by atoms with Crippen molar-refractivity contribution < 1.29 is 18.7 Å². The van der Waals surface area contributed by atoms with Gasteiger partial charge in [-0.05, 0) is 43.2 Å². The number of aliphatic hydroxyl groups is 1. The molecule has 5 heteroatoms. The maximum Gasteiger partial charge on any atom is 0.180 e. The van der Waals surface area contributed by atoms with E-state index in [-0.39, 0.29) is 12.7 Å². The summed E-state index contributed by atoms with van der Waals surface area (Å²) >= 11 is 0. The number of hydrogen-bond donors (Lipinski definition) is 1. The fraction of sp³-hybridized carbons (Fsp3) is 0.227. The summed E-state index contributed by atoms with van der Waals surface area (Å²) in [7, 11) is 0. The number of furan rings is 1. The molecule has 0 aliphatic carbocycles. The highest BCUT2D eigenvalue weighted by molar-refractivity contribution is 5.79. The fourth-order valence-corrected chi connectivity index (χ4v) is 3.15. The Hall–Kier alpha value is -3.05. The molecule has 0 saturated heterocycles. The first-order valence-electron chi connectivity index (χ1n) is 8.97. The Morgan fingerprint density at radius 3 is 2.85 bits per heavy atom. The Morgan fingerprint density at radius 1 is 1.15 bits per heavy atom. The number of hydrogen-bond acceptors (Lipinski definition) is 5. The highest BCUT2D eigenvalue weighted by atomic mass is 16.5. The molecule has 4 rings (SSSR count). The van der Waals surface area contributed by atoms with Crippen molar-refractivity contribution in [2.45, 2.75) is 25.9 Å². The van der Waals surface area contributed by atoms with Crippen LogP contribution >= 0.6 is 0 Å². The van der Waals surface area contributed by atoms with Crippen molar-refractivity contribution in [2.24, 2.45) is 0 Å². The maximum atomic E-state index is 8.99. The van der Waals surface area contributed by atoms with Crippen molar-refractivity contribution in [1.29, 1.82) is 0 Å². The quantitative estimate of drug-likeness (QED) is 0.510. The average Bonchev–Trinajstić information content (AvgIpc) is 3.33. The molecule has 1 unspecified atom stereocenters. The second kappa shape index (κ2) is 7.68. The van der Waals surface area contributed by atoms with Crippen molar-refractivity contribution in [3.63, 3.8) is 0 Å². The molecule has 4 aromatic rings. The zero-order valence-electron chi connectivity index (χ0n) is 15.1.